The molecule has 0 aliphatic carbocycles. The summed E-state index contributed by atoms with van der Waals surface area (Å²) in [5, 5.41) is 2.71. The molecule has 376 valence electrons. The van der Waals surface area contributed by atoms with Gasteiger partial charge in [-0.2, -0.15) is 0 Å². The molecule has 67 heavy (non-hydrogen) atoms. The number of nitrogens with zero attached hydrogens (tertiary/aromatic N) is 1. The summed E-state index contributed by atoms with van der Waals surface area (Å²) >= 11 is 0. The number of ketones is 2. The summed E-state index contributed by atoms with van der Waals surface area (Å²) in [6.45, 7) is 10.8. The topological polar surface area (TPSA) is 172 Å². The SMILES string of the molecule is CCOC(=O)C(CC(=O)C1C[C@H](c2c(F)c(F)cc(F)c2F)CN1)C(=O)OCC.CCOC(=O)C(CC(=O)C1C[C@H](c2c(F)c(F)cc(F)c2F)CN1C(=O)CC(C)(C)C)C(=O)OCC.Cl.Cl. The van der Waals surface area contributed by atoms with Crippen LogP contribution < -0.4 is 5.32 Å². The Balaban J connectivity index is 0.000000664. The van der Waals surface area contributed by atoms with Crippen molar-refractivity contribution in [2.24, 2.45) is 17.3 Å². The highest BCUT2D eigenvalue weighted by molar-refractivity contribution is 6.01. The molecule has 2 aliphatic rings. The number of carbonyl (C=O) groups is 7. The summed E-state index contributed by atoms with van der Waals surface area (Å²) in [5.74, 6) is -23.5. The summed E-state index contributed by atoms with van der Waals surface area (Å²) in [4.78, 5) is 88.6. The Labute approximate surface area is 394 Å². The molecule has 4 rings (SSSR count). The highest BCUT2D eigenvalue weighted by atomic mass is 35.5. The van der Waals surface area contributed by atoms with Gasteiger partial charge in [-0.05, 0) is 46.0 Å². The molecule has 4 atom stereocenters. The van der Waals surface area contributed by atoms with Gasteiger partial charge in [-0.15, -0.1) is 24.8 Å². The van der Waals surface area contributed by atoms with E-state index < -0.39 is 153 Å². The molecule has 0 spiro atoms. The normalized spacial score (nSPS) is 17.7. The maximum absolute atomic E-state index is 14.5. The van der Waals surface area contributed by atoms with Crippen LogP contribution in [0.15, 0.2) is 12.1 Å². The number of hydrogen-bond donors (Lipinski definition) is 1. The van der Waals surface area contributed by atoms with Gasteiger partial charge < -0.3 is 29.2 Å². The molecule has 13 nitrogen and oxygen atoms in total. The molecule has 1 N–H and O–H groups in total. The van der Waals surface area contributed by atoms with E-state index in [1.165, 1.54) is 27.7 Å². The number of ether oxygens (including phenoxy) is 4. The van der Waals surface area contributed by atoms with Gasteiger partial charge in [0.25, 0.3) is 0 Å². The third kappa shape index (κ3) is 15.6. The maximum Gasteiger partial charge on any atom is 0.320 e. The van der Waals surface area contributed by atoms with E-state index in [4.69, 9.17) is 18.9 Å². The van der Waals surface area contributed by atoms with Gasteiger partial charge in [0.05, 0.1) is 38.5 Å². The Morgan fingerprint density at radius 2 is 0.955 bits per heavy atom. The van der Waals surface area contributed by atoms with E-state index in [2.05, 4.69) is 5.32 Å². The van der Waals surface area contributed by atoms with Gasteiger partial charge in [-0.25, -0.2) is 35.1 Å². The third-order valence-electron chi connectivity index (χ3n) is 10.4. The highest BCUT2D eigenvalue weighted by Gasteiger charge is 2.45. The zero-order valence-corrected chi connectivity index (χ0v) is 39.3. The molecular weight excluding hydrogens is 955 g/mol. The lowest BCUT2D eigenvalue weighted by atomic mass is 9.90. The third-order valence-corrected chi connectivity index (χ3v) is 10.4. The minimum atomic E-state index is -1.61. The number of benzene rings is 2. The largest absolute Gasteiger partial charge is 0.465 e. The Morgan fingerprint density at radius 1 is 0.597 bits per heavy atom. The van der Waals surface area contributed by atoms with Crippen LogP contribution in [0.3, 0.4) is 0 Å². The molecule has 1 amide bonds. The predicted molar refractivity (Wildman–Crippen MR) is 226 cm³/mol. The Kier molecular flexibility index (Phi) is 23.9. The maximum atomic E-state index is 14.5. The number of esters is 4. The first-order valence-corrected chi connectivity index (χ1v) is 20.8. The lowest BCUT2D eigenvalue weighted by Gasteiger charge is -2.28. The number of amides is 1. The second kappa shape index (κ2) is 26.6. The van der Waals surface area contributed by atoms with Crippen molar-refractivity contribution in [1.29, 1.82) is 0 Å². The van der Waals surface area contributed by atoms with Crippen molar-refractivity contribution in [2.75, 3.05) is 39.5 Å². The molecular formula is C44H54Cl2F8N2O11. The van der Waals surface area contributed by atoms with Gasteiger partial charge in [0.2, 0.25) is 5.91 Å². The molecule has 2 saturated heterocycles. The van der Waals surface area contributed by atoms with E-state index >= 15 is 0 Å². The van der Waals surface area contributed by atoms with Crippen LogP contribution in [0.2, 0.25) is 0 Å². The first-order chi connectivity index (χ1) is 30.4. The van der Waals surface area contributed by atoms with Gasteiger partial charge in [-0.3, -0.25) is 33.6 Å². The molecule has 0 saturated carbocycles. The van der Waals surface area contributed by atoms with Crippen molar-refractivity contribution in [3.8, 4) is 0 Å². The van der Waals surface area contributed by atoms with Crippen LogP contribution in [0.25, 0.3) is 0 Å². The van der Waals surface area contributed by atoms with Gasteiger partial charge >= 0.3 is 23.9 Å². The van der Waals surface area contributed by atoms with Crippen LogP contribution in [-0.4, -0.2) is 97.9 Å². The van der Waals surface area contributed by atoms with Crippen LogP contribution in [-0.2, 0) is 52.5 Å². The van der Waals surface area contributed by atoms with Crippen LogP contribution >= 0.6 is 24.8 Å². The zero-order chi connectivity index (χ0) is 49.1. The zero-order valence-electron chi connectivity index (χ0n) is 37.7. The lowest BCUT2D eigenvalue weighted by molar-refractivity contribution is -0.164. The van der Waals surface area contributed by atoms with Crippen molar-refractivity contribution in [2.45, 2.75) is 104 Å². The van der Waals surface area contributed by atoms with Crippen LogP contribution in [0.1, 0.15) is 104 Å². The fourth-order valence-electron chi connectivity index (χ4n) is 7.46. The van der Waals surface area contributed by atoms with Gasteiger partial charge in [-0.1, -0.05) is 20.8 Å². The van der Waals surface area contributed by atoms with E-state index in [9.17, 15) is 68.7 Å². The molecule has 0 radical (unpaired) electrons. The second-order valence-electron chi connectivity index (χ2n) is 16.3. The van der Waals surface area contributed by atoms with E-state index in [0.717, 1.165) is 4.90 Å². The molecule has 0 bridgehead atoms. The van der Waals surface area contributed by atoms with E-state index in [0.29, 0.717) is 0 Å². The summed E-state index contributed by atoms with van der Waals surface area (Å²) in [7, 11) is 0. The first-order valence-electron chi connectivity index (χ1n) is 20.8. The van der Waals surface area contributed by atoms with Crippen molar-refractivity contribution >= 4 is 66.2 Å². The van der Waals surface area contributed by atoms with Crippen molar-refractivity contribution in [3.63, 3.8) is 0 Å². The lowest BCUT2D eigenvalue weighted by Crippen LogP contribution is -2.43. The number of hydrogen-bond acceptors (Lipinski definition) is 12. The fraction of sp³-hybridized carbons (Fsp3) is 0.568. The van der Waals surface area contributed by atoms with Crippen LogP contribution in [0.4, 0.5) is 35.1 Å². The molecule has 2 heterocycles. The van der Waals surface area contributed by atoms with E-state index in [1.54, 1.807) is 20.8 Å². The van der Waals surface area contributed by atoms with Crippen molar-refractivity contribution in [1.82, 2.24) is 10.2 Å². The molecule has 2 aromatic carbocycles. The Bertz CT molecular complexity index is 2040. The summed E-state index contributed by atoms with van der Waals surface area (Å²) in [6, 6.07) is -2.06. The Morgan fingerprint density at radius 3 is 1.31 bits per heavy atom. The standard InChI is InChI=1S/C25H31F4NO6.C19H21F4NO5.2ClH/c1-6-35-23(33)14(24(34)36-7-2)9-18(31)17-8-13(12-30(17)19(32)11-25(3,4)5)20-21(28)15(26)10-16(27)22(20)29;1-3-28-18(26)10(19(27)29-4-2)6-14(25)13-5-9(8-24-13)15-16(22)11(20)7-12(21)17(15)23;;/h10,13-14,17H,6-9,11-12H2,1-5H3;7,9-10,13,24H,3-6,8H2,1-2H3;2*1H/t13-,17?;9-,13?;;/m00../s1. The minimum Gasteiger partial charge on any atom is -0.465 e. The molecule has 2 aromatic rings. The van der Waals surface area contributed by atoms with Gasteiger partial charge in [0, 0.05) is 67.4 Å². The van der Waals surface area contributed by atoms with Crippen LogP contribution in [0.5, 0.6) is 0 Å². The molecule has 2 unspecified atom stereocenters. The number of Topliss-reactive ketones (excluding diaryl/α,β-unsaturated/α-hetero) is 2. The van der Waals surface area contributed by atoms with E-state index in [1.807, 2.05) is 0 Å². The number of nitrogens with one attached hydrogen (secondary N) is 1. The smallest absolute Gasteiger partial charge is 0.320 e. The van der Waals surface area contributed by atoms with Gasteiger partial charge in [0.1, 0.15) is 0 Å². The number of rotatable bonds is 17. The quantitative estimate of drug-likeness (QED) is 0.0552. The first kappa shape index (κ1) is 60.1. The molecule has 0 aromatic heterocycles. The monoisotopic (exact) mass is 1010 g/mol. The second-order valence-corrected chi connectivity index (χ2v) is 16.3. The fourth-order valence-corrected chi connectivity index (χ4v) is 7.46. The van der Waals surface area contributed by atoms with Crippen LogP contribution in [0, 0.1) is 63.8 Å². The average molecular weight is 1010 g/mol. The highest BCUT2D eigenvalue weighted by Crippen LogP contribution is 2.39. The summed E-state index contributed by atoms with van der Waals surface area (Å²) in [6.07, 6.45) is -1.77. The summed E-state index contributed by atoms with van der Waals surface area (Å²) < 4.78 is 131. The average Bonchev–Trinajstić information content (AvgIpc) is 3.89. The van der Waals surface area contributed by atoms with Crippen molar-refractivity contribution < 1.29 is 87.6 Å². The molecule has 23 heteroatoms. The number of likely N-dealkylation sites (tertiary alicyclic amines) is 1. The number of carbonyl (C=O) groups excluding carboxylic acids is 7. The Hall–Kier alpha value is -4.89. The minimum absolute atomic E-state index is 0. The molecule has 2 fully saturated rings. The van der Waals surface area contributed by atoms with Crippen molar-refractivity contribution in [3.05, 3.63) is 69.8 Å². The number of halogens is 10. The molecule has 2 aliphatic heterocycles. The predicted octanol–water partition coefficient (Wildman–Crippen LogP) is 7.30. The van der Waals surface area contributed by atoms with Gasteiger partial charge in [0.15, 0.2) is 69.9 Å². The summed E-state index contributed by atoms with van der Waals surface area (Å²) in [5.41, 5.74) is -2.19. The van der Waals surface area contributed by atoms with E-state index in [-0.39, 0.29) is 95.7 Å².